The molecule has 2 aromatic heterocycles. The number of para-hydroxylation sites is 4. The zero-order valence-electron chi connectivity index (χ0n) is 31.0. The van der Waals surface area contributed by atoms with Crippen LogP contribution in [0.3, 0.4) is 0 Å². The van der Waals surface area contributed by atoms with Crippen LogP contribution < -0.4 is 41.0 Å². The van der Waals surface area contributed by atoms with Gasteiger partial charge in [-0.25, -0.2) is 0 Å². The van der Waals surface area contributed by atoms with E-state index in [1.807, 2.05) is 0 Å². The Balaban J connectivity index is 1.01. The van der Waals surface area contributed by atoms with Crippen molar-refractivity contribution in [2.24, 2.45) is 0 Å². The lowest BCUT2D eigenvalue weighted by molar-refractivity contribution is -0.106. The maximum absolute atomic E-state index is 13.9. The molecule has 0 aliphatic carbocycles. The van der Waals surface area contributed by atoms with Gasteiger partial charge < -0.3 is 9.80 Å². The van der Waals surface area contributed by atoms with Gasteiger partial charge in [0.05, 0.1) is 11.1 Å². The molecule has 6 heterocycles. The number of carbonyl (C=O) groups is 2. The lowest BCUT2D eigenvalue weighted by Crippen LogP contribution is -2.58. The summed E-state index contributed by atoms with van der Waals surface area (Å²) in [7, 11) is -3.81. The molecule has 56 heavy (non-hydrogen) atoms. The Morgan fingerprint density at radius 1 is 0.429 bits per heavy atom. The van der Waals surface area contributed by atoms with Gasteiger partial charge in [-0.2, -0.15) is 0 Å². The van der Waals surface area contributed by atoms with Gasteiger partial charge in [0.25, 0.3) is 0 Å². The van der Waals surface area contributed by atoms with E-state index in [-0.39, 0.29) is 10.2 Å². The molecule has 0 bridgehead atoms. The van der Waals surface area contributed by atoms with Crippen molar-refractivity contribution in [3.8, 4) is 0 Å². The molecule has 0 N–H and O–H groups in total. The zero-order chi connectivity index (χ0) is 38.1. The van der Waals surface area contributed by atoms with Crippen molar-refractivity contribution in [2.45, 2.75) is 36.0 Å². The standard InChI is InChI=1S/C46H34N2O2S4Si2/c1-55(2)37-17-9-5-13-29(37)47(30-14-6-10-18-38(30)55)41-23-21-33(51-41)43-27-25-36-28(26-35(27)53-45(43)49)44(46(50)54-36)34-22-24-42(52-34)48-31-15-7-11-19-39(31)56(3,4)40-20-12-8-16-32(40)48/h5-26H,1-4H3. The van der Waals surface area contributed by atoms with Crippen molar-refractivity contribution in [1.29, 1.82) is 0 Å². The molecule has 4 nitrogen and oxygen atoms in total. The average molecular weight is 831 g/mol. The molecule has 0 atom stereocenters. The quantitative estimate of drug-likeness (QED) is 0.166. The summed E-state index contributed by atoms with van der Waals surface area (Å²) in [5.74, 6) is 0. The molecule has 0 amide bonds. The minimum Gasteiger partial charge on any atom is -0.302 e. The number of fused-ring (bicyclic) bond motifs is 6. The lowest BCUT2D eigenvalue weighted by Gasteiger charge is -2.40. The van der Waals surface area contributed by atoms with Crippen molar-refractivity contribution >= 4 is 137 Å². The number of rotatable bonds is 4. The fourth-order valence-electron chi connectivity index (χ4n) is 9.09. The van der Waals surface area contributed by atoms with Gasteiger partial charge in [0.2, 0.25) is 10.2 Å². The minimum atomic E-state index is -1.90. The molecule has 5 aromatic carbocycles. The first kappa shape index (κ1) is 34.6. The van der Waals surface area contributed by atoms with E-state index < -0.39 is 16.1 Å². The number of hydrogen-bond donors (Lipinski definition) is 0. The molecular formula is C46H34N2O2S4Si2. The van der Waals surface area contributed by atoms with Crippen molar-refractivity contribution in [3.63, 3.8) is 0 Å². The van der Waals surface area contributed by atoms with E-state index in [0.717, 1.165) is 51.1 Å². The summed E-state index contributed by atoms with van der Waals surface area (Å²) >= 11 is 5.88. The Labute approximate surface area is 343 Å². The van der Waals surface area contributed by atoms with Crippen LogP contribution in [0.2, 0.25) is 26.2 Å². The van der Waals surface area contributed by atoms with Gasteiger partial charge in [-0.15, -0.1) is 22.7 Å². The number of thiophene rings is 2. The van der Waals surface area contributed by atoms with Crippen LogP contribution in [0.1, 0.15) is 9.75 Å². The first-order valence-electron chi connectivity index (χ1n) is 18.7. The second-order valence-electron chi connectivity index (χ2n) is 15.6. The van der Waals surface area contributed by atoms with Crippen LogP contribution in [0, 0.1) is 0 Å². The molecule has 4 aliphatic rings. The summed E-state index contributed by atoms with van der Waals surface area (Å²) in [6.45, 7) is 9.72. The summed E-state index contributed by atoms with van der Waals surface area (Å²) < 4.78 is 0. The normalized spacial score (nSPS) is 17.0. The van der Waals surface area contributed by atoms with Crippen molar-refractivity contribution < 1.29 is 9.59 Å². The molecule has 7 aromatic rings. The van der Waals surface area contributed by atoms with Crippen molar-refractivity contribution in [2.75, 3.05) is 9.80 Å². The Morgan fingerprint density at radius 2 is 0.750 bits per heavy atom. The highest BCUT2D eigenvalue weighted by Gasteiger charge is 2.40. The number of hydrogen-bond acceptors (Lipinski definition) is 8. The molecule has 0 saturated carbocycles. The largest absolute Gasteiger partial charge is 0.302 e. The second kappa shape index (κ2) is 12.4. The summed E-state index contributed by atoms with van der Waals surface area (Å²) in [5.41, 5.74) is 6.35. The highest BCUT2D eigenvalue weighted by Crippen LogP contribution is 2.46. The predicted octanol–water partition coefficient (Wildman–Crippen LogP) is 8.68. The Bertz CT molecular complexity index is 2720. The highest BCUT2D eigenvalue weighted by atomic mass is 32.2. The fraction of sp³-hybridized carbons (Fsp3) is 0.0870. The van der Waals surface area contributed by atoms with E-state index in [0.29, 0.717) is 0 Å². The molecule has 0 spiro atoms. The van der Waals surface area contributed by atoms with Gasteiger partial charge in [0.1, 0.15) is 26.1 Å². The number of thioether (sulfide) groups is 2. The predicted molar refractivity (Wildman–Crippen MR) is 244 cm³/mol. The molecule has 0 saturated heterocycles. The van der Waals surface area contributed by atoms with Gasteiger partial charge in [-0.1, -0.05) is 99.0 Å². The van der Waals surface area contributed by atoms with Crippen LogP contribution in [0.4, 0.5) is 32.8 Å². The van der Waals surface area contributed by atoms with E-state index in [1.165, 1.54) is 67.0 Å². The topological polar surface area (TPSA) is 40.6 Å². The SMILES string of the molecule is C[Si]1(C)c2ccccc2N(c2ccc(C3=c4cc5c(cc4SC3=O)=C(c3ccc(N4c6ccccc6[Si](C)(C)c6ccccc64)s3)C(=O)S5)s2)c2ccccc21. The highest BCUT2D eigenvalue weighted by molar-refractivity contribution is 8.15. The Kier molecular flexibility index (Phi) is 7.65. The number of carbonyl (C=O) groups excluding carboxylic acids is 2. The van der Waals surface area contributed by atoms with E-state index in [9.17, 15) is 9.59 Å². The zero-order valence-corrected chi connectivity index (χ0v) is 36.3. The summed E-state index contributed by atoms with van der Waals surface area (Å²) in [6, 6.07) is 47.8. The summed E-state index contributed by atoms with van der Waals surface area (Å²) in [5, 5.41) is 9.77. The molecule has 272 valence electrons. The third-order valence-corrected chi connectivity index (χ3v) is 23.0. The third kappa shape index (κ3) is 4.90. The van der Waals surface area contributed by atoms with E-state index in [2.05, 4.69) is 169 Å². The van der Waals surface area contributed by atoms with Gasteiger partial charge in [0.15, 0.2) is 0 Å². The van der Waals surface area contributed by atoms with Crippen LogP contribution in [0.5, 0.6) is 0 Å². The molecular weight excluding hydrogens is 797 g/mol. The Hall–Kier alpha value is -4.69. The lowest BCUT2D eigenvalue weighted by atomic mass is 10.1. The van der Waals surface area contributed by atoms with Crippen molar-refractivity contribution in [3.05, 3.63) is 154 Å². The molecule has 11 rings (SSSR count). The van der Waals surface area contributed by atoms with Crippen molar-refractivity contribution in [1.82, 2.24) is 0 Å². The average Bonchev–Trinajstić information content (AvgIpc) is 3.99. The smallest absolute Gasteiger partial charge is 0.226 e. The van der Waals surface area contributed by atoms with Crippen LogP contribution >= 0.6 is 46.2 Å². The van der Waals surface area contributed by atoms with Crippen LogP contribution in [0.25, 0.3) is 11.1 Å². The number of anilines is 6. The summed E-state index contributed by atoms with van der Waals surface area (Å²) in [6.07, 6.45) is 0. The molecule has 10 heteroatoms. The summed E-state index contributed by atoms with van der Waals surface area (Å²) in [4.78, 5) is 36.3. The fourth-order valence-corrected chi connectivity index (χ4v) is 19.3. The molecule has 0 unspecified atom stereocenters. The maximum atomic E-state index is 13.9. The van der Waals surface area contributed by atoms with E-state index in [4.69, 9.17) is 0 Å². The number of nitrogens with zero attached hydrogens (tertiary/aromatic N) is 2. The van der Waals surface area contributed by atoms with Gasteiger partial charge in [0, 0.05) is 52.7 Å². The second-order valence-corrected chi connectivity index (χ2v) is 28.4. The van der Waals surface area contributed by atoms with Gasteiger partial charge >= 0.3 is 0 Å². The first-order valence-corrected chi connectivity index (χ1v) is 27.9. The van der Waals surface area contributed by atoms with Crippen LogP contribution in [0.15, 0.2) is 143 Å². The Morgan fingerprint density at radius 3 is 1.09 bits per heavy atom. The third-order valence-electron chi connectivity index (χ3n) is 11.8. The maximum Gasteiger partial charge on any atom is 0.226 e. The minimum absolute atomic E-state index is 0.0512. The van der Waals surface area contributed by atoms with Crippen LogP contribution in [-0.2, 0) is 9.59 Å². The van der Waals surface area contributed by atoms with E-state index in [1.54, 1.807) is 22.7 Å². The van der Waals surface area contributed by atoms with E-state index >= 15 is 0 Å². The number of benzene rings is 5. The molecule has 0 radical (unpaired) electrons. The van der Waals surface area contributed by atoms with Gasteiger partial charge in [-0.3, -0.25) is 9.59 Å². The monoisotopic (exact) mass is 830 g/mol. The molecule has 4 aliphatic heterocycles. The first-order chi connectivity index (χ1) is 27.1. The van der Waals surface area contributed by atoms with Gasteiger partial charge in [-0.05, 0) is 105 Å². The molecule has 0 fully saturated rings. The van der Waals surface area contributed by atoms with Crippen LogP contribution in [-0.4, -0.2) is 26.4 Å².